The Morgan fingerprint density at radius 3 is 2.56 bits per heavy atom. The highest BCUT2D eigenvalue weighted by Crippen LogP contribution is 2.40. The summed E-state index contributed by atoms with van der Waals surface area (Å²) in [6.45, 7) is 6.48. The van der Waals surface area contributed by atoms with E-state index in [0.29, 0.717) is 11.7 Å². The van der Waals surface area contributed by atoms with Crippen LogP contribution in [0.2, 0.25) is 0 Å². The molecule has 130 valence electrons. The number of benzene rings is 2. The maximum absolute atomic E-state index is 12.2. The van der Waals surface area contributed by atoms with Gasteiger partial charge in [0.05, 0.1) is 10.5 Å². The standard InChI is InChI=1S/C19H20N2O4/c1-12-11-19(2,3)20-17-9-8-15(10-16(12)17)25-18(22)13-4-6-14(7-5-13)21(23)24/h4-10,12,20H,11H2,1-3H3/t12-/m1/s1. The van der Waals surface area contributed by atoms with Crippen molar-refractivity contribution in [2.75, 3.05) is 5.32 Å². The van der Waals surface area contributed by atoms with Gasteiger partial charge in [0.2, 0.25) is 0 Å². The van der Waals surface area contributed by atoms with Crippen LogP contribution in [0.25, 0.3) is 0 Å². The number of hydrogen-bond acceptors (Lipinski definition) is 5. The fourth-order valence-electron chi connectivity index (χ4n) is 3.30. The largest absolute Gasteiger partial charge is 0.423 e. The lowest BCUT2D eigenvalue weighted by atomic mass is 9.82. The summed E-state index contributed by atoms with van der Waals surface area (Å²) >= 11 is 0. The van der Waals surface area contributed by atoms with Crippen molar-refractivity contribution >= 4 is 17.3 Å². The molecule has 3 rings (SSSR count). The molecule has 1 heterocycles. The van der Waals surface area contributed by atoms with Gasteiger partial charge in [-0.3, -0.25) is 10.1 Å². The summed E-state index contributed by atoms with van der Waals surface area (Å²) in [5.41, 5.74) is 2.42. The van der Waals surface area contributed by atoms with Gasteiger partial charge in [-0.25, -0.2) is 4.79 Å². The highest BCUT2D eigenvalue weighted by molar-refractivity contribution is 5.91. The number of nitro benzene ring substituents is 1. The zero-order valence-electron chi connectivity index (χ0n) is 14.4. The third kappa shape index (κ3) is 3.63. The molecule has 0 aromatic heterocycles. The molecule has 0 spiro atoms. The van der Waals surface area contributed by atoms with E-state index in [4.69, 9.17) is 4.74 Å². The average Bonchev–Trinajstić information content (AvgIpc) is 2.54. The van der Waals surface area contributed by atoms with Gasteiger partial charge in [0.1, 0.15) is 5.75 Å². The Kier molecular flexibility index (Phi) is 4.20. The molecule has 2 aromatic rings. The summed E-state index contributed by atoms with van der Waals surface area (Å²) in [4.78, 5) is 22.4. The van der Waals surface area contributed by atoms with Gasteiger partial charge < -0.3 is 10.1 Å². The summed E-state index contributed by atoms with van der Waals surface area (Å²) in [5.74, 6) is 0.284. The molecule has 0 saturated heterocycles. The minimum Gasteiger partial charge on any atom is -0.423 e. The number of non-ortho nitro benzene ring substituents is 1. The predicted octanol–water partition coefficient (Wildman–Crippen LogP) is 4.51. The number of carbonyl (C=O) groups is 1. The van der Waals surface area contributed by atoms with Crippen molar-refractivity contribution in [2.24, 2.45) is 0 Å². The fourth-order valence-corrected chi connectivity index (χ4v) is 3.30. The molecule has 0 bridgehead atoms. The van der Waals surface area contributed by atoms with Gasteiger partial charge in [-0.2, -0.15) is 0 Å². The minimum atomic E-state index is -0.536. The molecule has 2 aromatic carbocycles. The maximum atomic E-state index is 12.2. The predicted molar refractivity (Wildman–Crippen MR) is 95.2 cm³/mol. The average molecular weight is 340 g/mol. The molecule has 6 heteroatoms. The maximum Gasteiger partial charge on any atom is 0.343 e. The first kappa shape index (κ1) is 17.0. The van der Waals surface area contributed by atoms with Crippen LogP contribution in [-0.4, -0.2) is 16.4 Å². The molecule has 1 atom stereocenters. The van der Waals surface area contributed by atoms with Crippen molar-refractivity contribution in [3.05, 3.63) is 63.7 Å². The van der Waals surface area contributed by atoms with E-state index < -0.39 is 10.9 Å². The van der Waals surface area contributed by atoms with Gasteiger partial charge in [-0.05, 0) is 62.1 Å². The topological polar surface area (TPSA) is 81.5 Å². The van der Waals surface area contributed by atoms with Crippen LogP contribution in [0, 0.1) is 10.1 Å². The van der Waals surface area contributed by atoms with Crippen molar-refractivity contribution in [1.29, 1.82) is 0 Å². The highest BCUT2D eigenvalue weighted by Gasteiger charge is 2.29. The van der Waals surface area contributed by atoms with E-state index in [0.717, 1.165) is 17.7 Å². The number of esters is 1. The monoisotopic (exact) mass is 340 g/mol. The van der Waals surface area contributed by atoms with Crippen LogP contribution in [0.15, 0.2) is 42.5 Å². The molecule has 1 aliphatic heterocycles. The van der Waals surface area contributed by atoms with Gasteiger partial charge in [0, 0.05) is 23.4 Å². The number of anilines is 1. The van der Waals surface area contributed by atoms with Gasteiger partial charge in [-0.1, -0.05) is 6.92 Å². The first-order chi connectivity index (χ1) is 11.7. The number of rotatable bonds is 3. The molecule has 25 heavy (non-hydrogen) atoms. The molecule has 0 radical (unpaired) electrons. The molecule has 0 saturated carbocycles. The number of nitrogens with one attached hydrogen (secondary N) is 1. The van der Waals surface area contributed by atoms with Gasteiger partial charge >= 0.3 is 5.97 Å². The van der Waals surface area contributed by atoms with Crippen LogP contribution in [0.1, 0.15) is 49.0 Å². The molecule has 0 amide bonds. The van der Waals surface area contributed by atoms with Gasteiger partial charge in [-0.15, -0.1) is 0 Å². The highest BCUT2D eigenvalue weighted by atomic mass is 16.6. The van der Waals surface area contributed by atoms with E-state index in [9.17, 15) is 14.9 Å². The number of hydrogen-bond donors (Lipinski definition) is 1. The second-order valence-electron chi connectivity index (χ2n) is 7.06. The van der Waals surface area contributed by atoms with Crippen LogP contribution < -0.4 is 10.1 Å². The SMILES string of the molecule is C[C@@H]1CC(C)(C)Nc2ccc(OC(=O)c3ccc([N+](=O)[O-])cc3)cc21. The van der Waals surface area contributed by atoms with E-state index in [1.54, 1.807) is 6.07 Å². The summed E-state index contributed by atoms with van der Waals surface area (Å²) in [7, 11) is 0. The van der Waals surface area contributed by atoms with E-state index in [1.165, 1.54) is 24.3 Å². The summed E-state index contributed by atoms with van der Waals surface area (Å²) in [6, 6.07) is 10.9. The third-order valence-corrected chi connectivity index (χ3v) is 4.37. The number of carbonyl (C=O) groups excluding carboxylic acids is 1. The molecule has 0 aliphatic carbocycles. The first-order valence-electron chi connectivity index (χ1n) is 8.14. The van der Waals surface area contributed by atoms with Crippen molar-refractivity contribution in [2.45, 2.75) is 38.6 Å². The second kappa shape index (κ2) is 6.20. The van der Waals surface area contributed by atoms with E-state index in [2.05, 4.69) is 26.1 Å². The Morgan fingerprint density at radius 1 is 1.24 bits per heavy atom. The van der Waals surface area contributed by atoms with Crippen LogP contribution in [0.5, 0.6) is 5.75 Å². The Hall–Kier alpha value is -2.89. The van der Waals surface area contributed by atoms with E-state index in [1.807, 2.05) is 12.1 Å². The smallest absolute Gasteiger partial charge is 0.343 e. The Labute approximate surface area is 146 Å². The number of nitrogens with zero attached hydrogens (tertiary/aromatic N) is 1. The lowest BCUT2D eigenvalue weighted by molar-refractivity contribution is -0.384. The van der Waals surface area contributed by atoms with Crippen LogP contribution in [0.4, 0.5) is 11.4 Å². The summed E-state index contributed by atoms with van der Waals surface area (Å²) in [6.07, 6.45) is 0.986. The van der Waals surface area contributed by atoms with Crippen molar-refractivity contribution in [3.8, 4) is 5.75 Å². The van der Waals surface area contributed by atoms with Crippen LogP contribution in [0.3, 0.4) is 0 Å². The number of nitro groups is 1. The zero-order valence-corrected chi connectivity index (χ0v) is 14.4. The van der Waals surface area contributed by atoms with E-state index in [-0.39, 0.29) is 16.8 Å². The molecule has 1 N–H and O–H groups in total. The molecular formula is C19H20N2O4. The summed E-state index contributed by atoms with van der Waals surface area (Å²) < 4.78 is 5.43. The Morgan fingerprint density at radius 2 is 1.92 bits per heavy atom. The summed E-state index contributed by atoms with van der Waals surface area (Å²) in [5, 5.41) is 14.2. The van der Waals surface area contributed by atoms with Crippen molar-refractivity contribution in [3.63, 3.8) is 0 Å². The van der Waals surface area contributed by atoms with E-state index >= 15 is 0 Å². The Bertz CT molecular complexity index is 828. The first-order valence-corrected chi connectivity index (χ1v) is 8.14. The molecular weight excluding hydrogens is 320 g/mol. The quantitative estimate of drug-likeness (QED) is 0.385. The lowest BCUT2D eigenvalue weighted by Crippen LogP contribution is -2.36. The minimum absolute atomic E-state index is 0.0311. The number of ether oxygens (including phenoxy) is 1. The number of fused-ring (bicyclic) bond motifs is 1. The van der Waals surface area contributed by atoms with Gasteiger partial charge in [0.25, 0.3) is 5.69 Å². The van der Waals surface area contributed by atoms with Crippen LogP contribution >= 0.6 is 0 Å². The Balaban J connectivity index is 1.78. The third-order valence-electron chi connectivity index (χ3n) is 4.37. The molecule has 0 unspecified atom stereocenters. The zero-order chi connectivity index (χ0) is 18.2. The van der Waals surface area contributed by atoms with Crippen molar-refractivity contribution < 1.29 is 14.5 Å². The van der Waals surface area contributed by atoms with Crippen LogP contribution in [-0.2, 0) is 0 Å². The molecule has 1 aliphatic rings. The lowest BCUT2D eigenvalue weighted by Gasteiger charge is -2.37. The van der Waals surface area contributed by atoms with Crippen molar-refractivity contribution in [1.82, 2.24) is 0 Å². The molecule has 0 fully saturated rings. The van der Waals surface area contributed by atoms with Gasteiger partial charge in [0.15, 0.2) is 0 Å². The fraction of sp³-hybridized carbons (Fsp3) is 0.316. The molecule has 6 nitrogen and oxygen atoms in total. The normalized spacial score (nSPS) is 18.0. The second-order valence-corrected chi connectivity index (χ2v) is 7.06.